The molecule has 23 heavy (non-hydrogen) atoms. The predicted molar refractivity (Wildman–Crippen MR) is 88.1 cm³/mol. The Bertz CT molecular complexity index is 754. The zero-order valence-corrected chi connectivity index (χ0v) is 13.5. The molecule has 2 aromatic rings. The number of halogens is 1. The Hall–Kier alpha value is -2.71. The van der Waals surface area contributed by atoms with Crippen LogP contribution in [0.4, 0.5) is 0 Å². The van der Waals surface area contributed by atoms with Crippen molar-refractivity contribution >= 4 is 17.8 Å². The molecule has 0 amide bonds. The lowest BCUT2D eigenvalue weighted by Gasteiger charge is -2.09. The van der Waals surface area contributed by atoms with Gasteiger partial charge in [-0.15, -0.1) is 0 Å². The molecule has 0 spiro atoms. The van der Waals surface area contributed by atoms with Crippen LogP contribution in [0.2, 0.25) is 5.02 Å². The highest BCUT2D eigenvalue weighted by molar-refractivity contribution is 6.33. The van der Waals surface area contributed by atoms with E-state index in [1.54, 1.807) is 31.4 Å². The molecule has 2 aromatic carbocycles. The van der Waals surface area contributed by atoms with E-state index in [0.29, 0.717) is 27.6 Å². The number of nitrogens with zero attached hydrogens (tertiary/aromatic N) is 2. The zero-order valence-electron chi connectivity index (χ0n) is 12.7. The van der Waals surface area contributed by atoms with E-state index in [2.05, 4.69) is 11.2 Å². The monoisotopic (exact) mass is 330 g/mol. The average Bonchev–Trinajstić information content (AvgIpc) is 2.59. The van der Waals surface area contributed by atoms with Gasteiger partial charge in [0.1, 0.15) is 6.61 Å². The van der Waals surface area contributed by atoms with Gasteiger partial charge in [0.15, 0.2) is 11.5 Å². The first-order valence-corrected chi connectivity index (χ1v) is 7.12. The van der Waals surface area contributed by atoms with Crippen LogP contribution in [0, 0.1) is 11.3 Å². The van der Waals surface area contributed by atoms with E-state index in [1.165, 1.54) is 13.3 Å². The second-order valence-corrected chi connectivity index (χ2v) is 4.91. The van der Waals surface area contributed by atoms with Crippen LogP contribution in [0.25, 0.3) is 0 Å². The molecular formula is C17H15ClN2O3. The van der Waals surface area contributed by atoms with Crippen molar-refractivity contribution in [2.75, 3.05) is 14.2 Å². The van der Waals surface area contributed by atoms with Crippen molar-refractivity contribution in [1.29, 1.82) is 5.26 Å². The van der Waals surface area contributed by atoms with Crippen LogP contribution in [-0.4, -0.2) is 20.4 Å². The lowest BCUT2D eigenvalue weighted by molar-refractivity contribution is 0.132. The lowest BCUT2D eigenvalue weighted by atomic mass is 10.1. The Balaban J connectivity index is 2.08. The number of benzene rings is 2. The highest BCUT2D eigenvalue weighted by atomic mass is 35.5. The Morgan fingerprint density at radius 3 is 2.57 bits per heavy atom. The number of oxime groups is 1. The molecule has 0 N–H and O–H groups in total. The maximum Gasteiger partial charge on any atom is 0.162 e. The maximum absolute atomic E-state index is 9.01. The first kappa shape index (κ1) is 16.7. The van der Waals surface area contributed by atoms with Crippen molar-refractivity contribution < 1.29 is 14.3 Å². The third-order valence-corrected chi connectivity index (χ3v) is 3.45. The molecule has 0 unspecified atom stereocenters. The van der Waals surface area contributed by atoms with Crippen LogP contribution in [0.5, 0.6) is 11.5 Å². The highest BCUT2D eigenvalue weighted by Crippen LogP contribution is 2.32. The second-order valence-electron chi connectivity index (χ2n) is 4.51. The molecule has 0 heterocycles. The summed E-state index contributed by atoms with van der Waals surface area (Å²) in [7, 11) is 3.08. The number of rotatable bonds is 6. The van der Waals surface area contributed by atoms with E-state index >= 15 is 0 Å². The largest absolute Gasteiger partial charge is 0.493 e. The second kappa shape index (κ2) is 8.06. The van der Waals surface area contributed by atoms with Gasteiger partial charge in [0.2, 0.25) is 0 Å². The van der Waals surface area contributed by atoms with Crippen molar-refractivity contribution in [3.63, 3.8) is 0 Å². The van der Waals surface area contributed by atoms with E-state index in [9.17, 15) is 0 Å². The lowest BCUT2D eigenvalue weighted by Crippen LogP contribution is -1.95. The summed E-state index contributed by atoms with van der Waals surface area (Å²) in [6.45, 7) is 0.200. The summed E-state index contributed by atoms with van der Waals surface area (Å²) < 4.78 is 10.4. The van der Waals surface area contributed by atoms with Gasteiger partial charge in [-0.3, -0.25) is 0 Å². The fourth-order valence-corrected chi connectivity index (χ4v) is 2.13. The van der Waals surface area contributed by atoms with Gasteiger partial charge in [-0.05, 0) is 12.1 Å². The Morgan fingerprint density at radius 1 is 1.17 bits per heavy atom. The normalized spacial score (nSPS) is 10.3. The zero-order chi connectivity index (χ0) is 16.7. The van der Waals surface area contributed by atoms with Gasteiger partial charge in [0, 0.05) is 17.2 Å². The minimum atomic E-state index is 0.200. The average molecular weight is 331 g/mol. The molecule has 6 heteroatoms. The van der Waals surface area contributed by atoms with Gasteiger partial charge in [0.05, 0.1) is 37.1 Å². The molecule has 0 fully saturated rings. The summed E-state index contributed by atoms with van der Waals surface area (Å²) in [5.74, 6) is 1.09. The summed E-state index contributed by atoms with van der Waals surface area (Å²) in [5.41, 5.74) is 1.97. The number of hydrogen-bond acceptors (Lipinski definition) is 5. The summed E-state index contributed by atoms with van der Waals surface area (Å²) in [6, 6.07) is 12.6. The molecule has 2 rings (SSSR count). The standard InChI is InChI=1S/C17H15ClN2O3/c1-21-16-7-14(15(18)8-17(16)22-2)10-20-23-11-13-6-4-3-5-12(13)9-19/h3-8,10H,11H2,1-2H3/b20-10-. The van der Waals surface area contributed by atoms with E-state index in [-0.39, 0.29) is 6.61 Å². The van der Waals surface area contributed by atoms with E-state index < -0.39 is 0 Å². The van der Waals surface area contributed by atoms with E-state index in [0.717, 1.165) is 5.56 Å². The van der Waals surface area contributed by atoms with Crippen LogP contribution in [0.3, 0.4) is 0 Å². The molecule has 0 radical (unpaired) electrons. The molecule has 0 saturated carbocycles. The maximum atomic E-state index is 9.01. The molecule has 0 aliphatic rings. The third-order valence-electron chi connectivity index (χ3n) is 3.13. The molecule has 5 nitrogen and oxygen atoms in total. The smallest absolute Gasteiger partial charge is 0.162 e. The van der Waals surface area contributed by atoms with Gasteiger partial charge in [-0.25, -0.2) is 0 Å². The van der Waals surface area contributed by atoms with Crippen LogP contribution >= 0.6 is 11.6 Å². The number of methoxy groups -OCH3 is 2. The summed E-state index contributed by atoms with van der Waals surface area (Å²) in [6.07, 6.45) is 1.49. The number of ether oxygens (including phenoxy) is 2. The molecule has 118 valence electrons. The van der Waals surface area contributed by atoms with Crippen molar-refractivity contribution in [2.45, 2.75) is 6.61 Å². The molecule has 0 aliphatic heterocycles. The van der Waals surface area contributed by atoms with Gasteiger partial charge < -0.3 is 14.3 Å². The molecule has 0 atom stereocenters. The van der Waals surface area contributed by atoms with Crippen LogP contribution in [0.15, 0.2) is 41.6 Å². The number of hydrogen-bond donors (Lipinski definition) is 0. The SMILES string of the molecule is COc1cc(Cl)c(/C=N\OCc2ccccc2C#N)cc1OC. The fraction of sp³-hybridized carbons (Fsp3) is 0.176. The minimum Gasteiger partial charge on any atom is -0.493 e. The third kappa shape index (κ3) is 4.15. The van der Waals surface area contributed by atoms with Crippen molar-refractivity contribution in [2.24, 2.45) is 5.16 Å². The molecule has 0 aliphatic carbocycles. The van der Waals surface area contributed by atoms with Gasteiger partial charge in [0.25, 0.3) is 0 Å². The molecule has 0 saturated heterocycles. The Morgan fingerprint density at radius 2 is 1.87 bits per heavy atom. The van der Waals surface area contributed by atoms with E-state index in [1.807, 2.05) is 12.1 Å². The minimum absolute atomic E-state index is 0.200. The highest BCUT2D eigenvalue weighted by Gasteiger charge is 2.08. The Labute approximate surface area is 139 Å². The summed E-state index contributed by atoms with van der Waals surface area (Å²) in [5, 5.41) is 13.4. The Kier molecular flexibility index (Phi) is 5.84. The van der Waals surface area contributed by atoms with Crippen molar-refractivity contribution in [3.05, 3.63) is 58.1 Å². The van der Waals surface area contributed by atoms with Crippen LogP contribution in [0.1, 0.15) is 16.7 Å². The predicted octanol–water partition coefficient (Wildman–Crippen LogP) is 3.78. The van der Waals surface area contributed by atoms with Crippen LogP contribution in [-0.2, 0) is 11.4 Å². The topological polar surface area (TPSA) is 63.8 Å². The van der Waals surface area contributed by atoms with Gasteiger partial charge in [-0.2, -0.15) is 5.26 Å². The first-order chi connectivity index (χ1) is 11.2. The summed E-state index contributed by atoms with van der Waals surface area (Å²) in [4.78, 5) is 5.24. The summed E-state index contributed by atoms with van der Waals surface area (Å²) >= 11 is 6.16. The van der Waals surface area contributed by atoms with Crippen LogP contribution < -0.4 is 9.47 Å². The van der Waals surface area contributed by atoms with Gasteiger partial charge in [-0.1, -0.05) is 35.0 Å². The number of nitriles is 1. The molecule has 0 bridgehead atoms. The van der Waals surface area contributed by atoms with E-state index in [4.69, 9.17) is 31.2 Å². The van der Waals surface area contributed by atoms with Crippen molar-refractivity contribution in [1.82, 2.24) is 0 Å². The first-order valence-electron chi connectivity index (χ1n) is 6.74. The molecule has 0 aromatic heterocycles. The van der Waals surface area contributed by atoms with Gasteiger partial charge >= 0.3 is 0 Å². The van der Waals surface area contributed by atoms with Crippen molar-refractivity contribution in [3.8, 4) is 17.6 Å². The molecular weight excluding hydrogens is 316 g/mol. The quantitative estimate of drug-likeness (QED) is 0.597. The fourth-order valence-electron chi connectivity index (χ4n) is 1.92.